The van der Waals surface area contributed by atoms with Gasteiger partial charge in [0, 0.05) is 87.2 Å². The van der Waals surface area contributed by atoms with Crippen LogP contribution in [0.25, 0.3) is 16.7 Å². The molecule has 2 aromatic carbocycles. The number of morpholine rings is 1. The first-order chi connectivity index (χ1) is 29.3. The number of H-pyrrole nitrogens is 1. The average Bonchev–Trinajstić information content (AvgIpc) is 3.62. The highest BCUT2D eigenvalue weighted by Gasteiger charge is 2.31. The lowest BCUT2D eigenvalue weighted by molar-refractivity contribution is -0.120. The van der Waals surface area contributed by atoms with Gasteiger partial charge in [0.15, 0.2) is 0 Å². The molecule has 8 N–H and O–H groups in total. The minimum Gasteiger partial charge on any atom is -0.398 e. The van der Waals surface area contributed by atoms with Gasteiger partial charge in [-0.3, -0.25) is 24.7 Å². The van der Waals surface area contributed by atoms with Crippen LogP contribution >= 0.6 is 0 Å². The van der Waals surface area contributed by atoms with E-state index in [2.05, 4.69) is 45.0 Å². The van der Waals surface area contributed by atoms with Crippen LogP contribution in [0.15, 0.2) is 78.5 Å². The number of carbonyl (C=O) groups is 3. The predicted molar refractivity (Wildman–Crippen MR) is 240 cm³/mol. The second-order valence-electron chi connectivity index (χ2n) is 17.1. The maximum atomic E-state index is 13.5. The molecular formula is C47H62N10O4. The number of allylic oxidation sites excluding steroid dienone is 1. The van der Waals surface area contributed by atoms with E-state index >= 15 is 0 Å². The van der Waals surface area contributed by atoms with Crippen molar-refractivity contribution in [3.8, 4) is 0 Å². The smallest absolute Gasteiger partial charge is 0.328 e. The molecule has 61 heavy (non-hydrogen) atoms. The van der Waals surface area contributed by atoms with Crippen LogP contribution in [-0.4, -0.2) is 101 Å². The maximum absolute atomic E-state index is 13.5. The van der Waals surface area contributed by atoms with Gasteiger partial charge in [-0.25, -0.2) is 9.78 Å². The van der Waals surface area contributed by atoms with Gasteiger partial charge in [0.25, 0.3) is 5.91 Å². The second kappa shape index (κ2) is 19.2. The number of aromatic amines is 1. The summed E-state index contributed by atoms with van der Waals surface area (Å²) in [4.78, 5) is 51.9. The molecule has 14 heteroatoms. The lowest BCUT2D eigenvalue weighted by Gasteiger charge is -2.39. The van der Waals surface area contributed by atoms with Crippen molar-refractivity contribution in [3.63, 3.8) is 0 Å². The van der Waals surface area contributed by atoms with Crippen LogP contribution in [0.5, 0.6) is 0 Å². The minimum absolute atomic E-state index is 0.0493. The maximum Gasteiger partial charge on any atom is 0.328 e. The summed E-state index contributed by atoms with van der Waals surface area (Å²) in [5.41, 5.74) is 27.7. The highest BCUT2D eigenvalue weighted by Crippen LogP contribution is 2.32. The van der Waals surface area contributed by atoms with Gasteiger partial charge >= 0.3 is 6.03 Å². The number of aromatic nitrogens is 2. The zero-order valence-corrected chi connectivity index (χ0v) is 36.1. The number of urea groups is 1. The van der Waals surface area contributed by atoms with Gasteiger partial charge in [-0.1, -0.05) is 49.6 Å². The second-order valence-corrected chi connectivity index (χ2v) is 17.1. The summed E-state index contributed by atoms with van der Waals surface area (Å²) in [6.45, 7) is 14.4. The molecule has 3 aliphatic heterocycles. The van der Waals surface area contributed by atoms with Gasteiger partial charge in [0.05, 0.1) is 23.7 Å². The molecule has 0 bridgehead atoms. The molecule has 0 radical (unpaired) electrons. The standard InChI is InChI=1S/C35H50N6O2.C12H12N4O2/c1-24-9-7-8-12-29(24)31(36)20-32(34(37)38)41-21-26(3)43-33(23-41)30-14-13-28(19-25(30)2)35(42)40-17-15-39(16-18-40)22-27-10-5-4-6-11-27;1-7-5-13-11-9(7)4-8(6-14-11)16-3-2-10(17)15-12(16)18/h7-9,12-14,19-20,26-27,33H,4-6,10-11,15-18,21-23,36-38H2,1-3H3;4-6H,2-3H2,1H3,(H,13,14)(H,15,17,18)/b31-20-;. The molecule has 0 spiro atoms. The number of nitrogens with two attached hydrogens (primary N) is 3. The Balaban J connectivity index is 0.000000258. The minimum atomic E-state index is -0.388. The Morgan fingerprint density at radius 1 is 0.885 bits per heavy atom. The monoisotopic (exact) mass is 830 g/mol. The largest absolute Gasteiger partial charge is 0.398 e. The number of imide groups is 1. The van der Waals surface area contributed by atoms with Crippen LogP contribution in [0.2, 0.25) is 0 Å². The quantitative estimate of drug-likeness (QED) is 0.136. The molecule has 4 aromatic rings. The van der Waals surface area contributed by atoms with E-state index in [1.807, 2.05) is 73.5 Å². The average molecular weight is 831 g/mol. The van der Waals surface area contributed by atoms with E-state index in [-0.39, 0.29) is 35.9 Å². The van der Waals surface area contributed by atoms with Crippen molar-refractivity contribution in [1.82, 2.24) is 30.0 Å². The van der Waals surface area contributed by atoms with Crippen LogP contribution in [-0.2, 0) is 9.53 Å². The van der Waals surface area contributed by atoms with Crippen LogP contribution in [0.4, 0.5) is 10.5 Å². The number of hydrogen-bond donors (Lipinski definition) is 5. The van der Waals surface area contributed by atoms with E-state index in [1.54, 1.807) is 6.20 Å². The third-order valence-corrected chi connectivity index (χ3v) is 12.5. The number of benzene rings is 2. The third kappa shape index (κ3) is 10.4. The molecule has 324 valence electrons. The van der Waals surface area contributed by atoms with Crippen molar-refractivity contribution >= 4 is 40.3 Å². The molecule has 4 fully saturated rings. The third-order valence-electron chi connectivity index (χ3n) is 12.5. The van der Waals surface area contributed by atoms with Gasteiger partial charge in [0.1, 0.15) is 17.6 Å². The van der Waals surface area contributed by atoms with Crippen LogP contribution in [0.1, 0.15) is 89.7 Å². The summed E-state index contributed by atoms with van der Waals surface area (Å²) in [5.74, 6) is 0.939. The zero-order chi connectivity index (χ0) is 43.2. The summed E-state index contributed by atoms with van der Waals surface area (Å²) >= 11 is 0. The summed E-state index contributed by atoms with van der Waals surface area (Å²) in [6.07, 6.45) is 12.3. The Morgan fingerprint density at radius 3 is 2.34 bits per heavy atom. The number of rotatable bonds is 8. The molecule has 4 aliphatic rings. The van der Waals surface area contributed by atoms with Crippen LogP contribution in [0, 0.1) is 26.7 Å². The van der Waals surface area contributed by atoms with Crippen molar-refractivity contribution in [2.75, 3.05) is 57.3 Å². The Hall–Kier alpha value is -5.86. The van der Waals surface area contributed by atoms with E-state index in [4.69, 9.17) is 21.9 Å². The lowest BCUT2D eigenvalue weighted by atomic mass is 9.89. The van der Waals surface area contributed by atoms with E-state index in [1.165, 1.54) is 43.5 Å². The lowest BCUT2D eigenvalue weighted by Crippen LogP contribution is -2.49. The zero-order valence-electron chi connectivity index (χ0n) is 36.1. The molecule has 2 aromatic heterocycles. The number of fused-ring (bicyclic) bond motifs is 1. The highest BCUT2D eigenvalue weighted by molar-refractivity contribution is 6.06. The molecule has 1 saturated carbocycles. The summed E-state index contributed by atoms with van der Waals surface area (Å²) in [7, 11) is 0. The van der Waals surface area contributed by atoms with E-state index in [0.717, 1.165) is 76.5 Å². The summed E-state index contributed by atoms with van der Waals surface area (Å²) in [6, 6.07) is 15.5. The molecule has 2 unspecified atom stereocenters. The van der Waals surface area contributed by atoms with Gasteiger partial charge in [-0.15, -0.1) is 0 Å². The predicted octanol–water partition coefficient (Wildman–Crippen LogP) is 5.81. The molecule has 8 rings (SSSR count). The number of amides is 4. The van der Waals surface area contributed by atoms with E-state index < -0.39 is 0 Å². The number of pyridine rings is 1. The first-order valence-corrected chi connectivity index (χ1v) is 21.7. The topological polar surface area (TPSA) is 192 Å². The number of hydrogen-bond acceptors (Lipinski definition) is 10. The number of anilines is 1. The molecule has 5 heterocycles. The number of carbonyl (C=O) groups excluding carboxylic acids is 3. The van der Waals surface area contributed by atoms with Gasteiger partial charge in [-0.05, 0) is 93.0 Å². The Labute approximate surface area is 359 Å². The molecule has 4 amide bonds. The fraction of sp³-hybridized carbons (Fsp3) is 0.447. The Morgan fingerprint density at radius 2 is 1.64 bits per heavy atom. The SMILES string of the molecule is Cc1c[nH]c2ncc(N3CCC(=O)NC3=O)cc12.Cc1ccccc1/C(N)=C/C(=C(N)N)N1CC(C)OC(c2ccc(C(=O)N3CCN(CC4CCCCC4)CC3)cc2C)C1. The molecule has 1 aliphatic carbocycles. The molecule has 14 nitrogen and oxygen atoms in total. The number of nitrogens with zero attached hydrogens (tertiary/aromatic N) is 5. The van der Waals surface area contributed by atoms with Crippen molar-refractivity contribution in [2.24, 2.45) is 23.1 Å². The molecule has 2 atom stereocenters. The summed E-state index contributed by atoms with van der Waals surface area (Å²) < 4.78 is 6.41. The van der Waals surface area contributed by atoms with Crippen molar-refractivity contribution in [1.29, 1.82) is 0 Å². The Bertz CT molecular complexity index is 2280. The number of ether oxygens (including phenoxy) is 1. The van der Waals surface area contributed by atoms with Crippen LogP contribution < -0.4 is 27.4 Å². The van der Waals surface area contributed by atoms with Gasteiger partial charge in [-0.2, -0.15) is 0 Å². The first kappa shape index (κ1) is 43.2. The van der Waals surface area contributed by atoms with Crippen molar-refractivity contribution in [3.05, 3.63) is 112 Å². The number of nitrogens with one attached hydrogen (secondary N) is 2. The van der Waals surface area contributed by atoms with Crippen LogP contribution in [0.3, 0.4) is 0 Å². The first-order valence-electron chi connectivity index (χ1n) is 21.7. The summed E-state index contributed by atoms with van der Waals surface area (Å²) in [5, 5.41) is 3.28. The van der Waals surface area contributed by atoms with Crippen molar-refractivity contribution in [2.45, 2.75) is 78.4 Å². The fourth-order valence-corrected chi connectivity index (χ4v) is 9.10. The van der Waals surface area contributed by atoms with Gasteiger partial charge in [0.2, 0.25) is 5.91 Å². The molecular weight excluding hydrogens is 769 g/mol. The number of piperazine rings is 1. The van der Waals surface area contributed by atoms with Gasteiger partial charge < -0.3 is 36.7 Å². The highest BCUT2D eigenvalue weighted by atomic mass is 16.5. The molecule has 3 saturated heterocycles. The number of aryl methyl sites for hydroxylation is 3. The van der Waals surface area contributed by atoms with E-state index in [0.29, 0.717) is 43.1 Å². The van der Waals surface area contributed by atoms with E-state index in [9.17, 15) is 14.4 Å². The fourth-order valence-electron chi connectivity index (χ4n) is 9.10. The normalized spacial score (nSPS) is 20.6. The Kier molecular flexibility index (Phi) is 13.6. The van der Waals surface area contributed by atoms with Crippen molar-refractivity contribution < 1.29 is 19.1 Å².